The fraction of sp³-hybridized carbons (Fsp3) is 1.00. The lowest BCUT2D eigenvalue weighted by atomic mass is 10.3. The molecule has 0 nitrogen and oxygen atoms in total. The molecule has 0 heterocycles. The third kappa shape index (κ3) is 4.91. The Bertz CT molecular complexity index is 55.9. The first-order valence-electron chi connectivity index (χ1n) is 4.20. The van der Waals surface area contributed by atoms with E-state index in [1.807, 2.05) is 0 Å². The lowest BCUT2D eigenvalue weighted by molar-refractivity contribution is 0.755. The van der Waals surface area contributed by atoms with Crippen molar-refractivity contribution in [2.24, 2.45) is 0 Å². The quantitative estimate of drug-likeness (QED) is 0.546. The van der Waals surface area contributed by atoms with Gasteiger partial charge in [-0.2, -0.15) is 0 Å². The van der Waals surface area contributed by atoms with Gasteiger partial charge in [0.25, 0.3) is 0 Å². The van der Waals surface area contributed by atoms with E-state index in [0.29, 0.717) is 19.0 Å². The van der Waals surface area contributed by atoms with Crippen LogP contribution in [0.4, 0.5) is 0 Å². The topological polar surface area (TPSA) is 0 Å². The molecule has 0 spiro atoms. The van der Waals surface area contributed by atoms with Crippen LogP contribution in [0.1, 0.15) is 20.3 Å². The van der Waals surface area contributed by atoms with Crippen molar-refractivity contribution in [3.05, 3.63) is 0 Å². The van der Waals surface area contributed by atoms with Crippen LogP contribution in [0.2, 0.25) is 24.2 Å². The van der Waals surface area contributed by atoms with Crippen LogP contribution in [0.15, 0.2) is 0 Å². The van der Waals surface area contributed by atoms with Crippen LogP contribution in [-0.2, 0) is 0 Å². The second-order valence-electron chi connectivity index (χ2n) is 3.26. The van der Waals surface area contributed by atoms with Crippen LogP contribution >= 0.6 is 0 Å². The predicted molar refractivity (Wildman–Crippen MR) is 52.3 cm³/mol. The minimum absolute atomic E-state index is 0.308. The molecule has 0 aromatic heterocycles. The summed E-state index contributed by atoms with van der Waals surface area (Å²) < 4.78 is 0. The summed E-state index contributed by atoms with van der Waals surface area (Å²) in [5.41, 5.74) is 2.21. The summed E-state index contributed by atoms with van der Waals surface area (Å²) in [6, 6.07) is 0. The average Bonchev–Trinajstić information content (AvgIpc) is 1.87. The normalized spacial score (nSPS) is 20.0. The summed E-state index contributed by atoms with van der Waals surface area (Å²) in [7, 11) is 0.617. The molecule has 0 saturated carbocycles. The van der Waals surface area contributed by atoms with Gasteiger partial charge in [-0.15, -0.1) is 0 Å². The van der Waals surface area contributed by atoms with Crippen LogP contribution in [0, 0.1) is 0 Å². The van der Waals surface area contributed by atoms with Gasteiger partial charge in [-0.3, -0.25) is 0 Å². The molecule has 0 aromatic carbocycles. The maximum atomic E-state index is 2.43. The molecule has 0 aliphatic carbocycles. The molecule has 56 valence electrons. The van der Waals surface area contributed by atoms with Gasteiger partial charge in [0.15, 0.2) is 0 Å². The third-order valence-corrected chi connectivity index (χ3v) is 5.65. The molecule has 0 aliphatic rings. The van der Waals surface area contributed by atoms with Gasteiger partial charge in [0.2, 0.25) is 0 Å². The van der Waals surface area contributed by atoms with E-state index in [1.54, 1.807) is 0 Å². The zero-order chi connectivity index (χ0) is 7.28. The van der Waals surface area contributed by atoms with Gasteiger partial charge in [-0.1, -0.05) is 44.4 Å². The van der Waals surface area contributed by atoms with E-state index in [1.165, 1.54) is 6.42 Å². The highest BCUT2D eigenvalue weighted by Crippen LogP contribution is 2.18. The zero-order valence-corrected chi connectivity index (χ0v) is 10.1. The van der Waals surface area contributed by atoms with Crippen molar-refractivity contribution in [2.45, 2.75) is 44.4 Å². The van der Waals surface area contributed by atoms with Gasteiger partial charge in [0, 0.05) is 19.0 Å². The molecule has 9 heavy (non-hydrogen) atoms. The maximum absolute atomic E-state index is 2.43. The van der Waals surface area contributed by atoms with Crippen LogP contribution in [-0.4, -0.2) is 19.0 Å². The average molecular weight is 160 g/mol. The highest BCUT2D eigenvalue weighted by Gasteiger charge is 2.04. The van der Waals surface area contributed by atoms with Crippen LogP contribution in [0.3, 0.4) is 0 Å². The standard InChI is InChI=1S/C7H20Si2/c1-6(8-3)5-7(2)9-4/h6-7H,5,8-9H2,1-4H3. The first-order valence-corrected chi connectivity index (χ1v) is 8.66. The molecule has 0 radical (unpaired) electrons. The van der Waals surface area contributed by atoms with Crippen LogP contribution in [0.5, 0.6) is 0 Å². The summed E-state index contributed by atoms with van der Waals surface area (Å²) in [5.74, 6) is 0. The SMILES string of the molecule is C[SiH2]C(C)CC(C)[SiH2]C. The summed E-state index contributed by atoms with van der Waals surface area (Å²) in [6.45, 7) is 9.70. The Labute approximate surface area is 64.1 Å². The Morgan fingerprint density at radius 3 is 1.56 bits per heavy atom. The molecule has 2 atom stereocenters. The highest BCUT2D eigenvalue weighted by atomic mass is 28.2. The number of hydrogen-bond donors (Lipinski definition) is 0. The van der Waals surface area contributed by atoms with Gasteiger partial charge in [-0.05, 0) is 0 Å². The van der Waals surface area contributed by atoms with Crippen LogP contribution < -0.4 is 0 Å². The largest absolute Gasteiger partial charge is 0.0746 e. The lowest BCUT2D eigenvalue weighted by Crippen LogP contribution is -2.02. The first kappa shape index (κ1) is 9.43. The highest BCUT2D eigenvalue weighted by molar-refractivity contribution is 6.37. The predicted octanol–water partition coefficient (Wildman–Crippen LogP) is 1.43. The van der Waals surface area contributed by atoms with E-state index in [0.717, 1.165) is 11.1 Å². The van der Waals surface area contributed by atoms with E-state index < -0.39 is 0 Å². The van der Waals surface area contributed by atoms with E-state index in [9.17, 15) is 0 Å². The van der Waals surface area contributed by atoms with Crippen molar-refractivity contribution in [1.82, 2.24) is 0 Å². The fourth-order valence-corrected chi connectivity index (χ4v) is 3.30. The molecule has 2 heteroatoms. The second kappa shape index (κ2) is 5.24. The minimum Gasteiger partial charge on any atom is -0.0746 e. The van der Waals surface area contributed by atoms with Gasteiger partial charge in [0.05, 0.1) is 0 Å². The van der Waals surface area contributed by atoms with Crippen molar-refractivity contribution in [2.75, 3.05) is 0 Å². The molecule has 0 aliphatic heterocycles. The Balaban J connectivity index is 3.22. The third-order valence-electron chi connectivity index (χ3n) is 2.20. The monoisotopic (exact) mass is 160 g/mol. The first-order chi connectivity index (χ1) is 4.20. The van der Waals surface area contributed by atoms with E-state index in [4.69, 9.17) is 0 Å². The molecule has 0 fully saturated rings. The van der Waals surface area contributed by atoms with Crippen molar-refractivity contribution in [3.8, 4) is 0 Å². The van der Waals surface area contributed by atoms with Gasteiger partial charge >= 0.3 is 0 Å². The molecule has 0 saturated heterocycles. The molecular formula is C7H20Si2. The molecule has 0 aromatic rings. The van der Waals surface area contributed by atoms with Crippen molar-refractivity contribution >= 4 is 19.0 Å². The van der Waals surface area contributed by atoms with Gasteiger partial charge < -0.3 is 0 Å². The fourth-order valence-electron chi connectivity index (χ4n) is 1.02. The summed E-state index contributed by atoms with van der Waals surface area (Å²) >= 11 is 0. The summed E-state index contributed by atoms with van der Waals surface area (Å²) in [5, 5.41) is 0. The Hall–Kier alpha value is 0.434. The lowest BCUT2D eigenvalue weighted by Gasteiger charge is -2.12. The van der Waals surface area contributed by atoms with Gasteiger partial charge in [0.1, 0.15) is 0 Å². The summed E-state index contributed by atoms with van der Waals surface area (Å²) in [4.78, 5) is 0. The zero-order valence-electron chi connectivity index (χ0n) is 7.28. The summed E-state index contributed by atoms with van der Waals surface area (Å²) in [6.07, 6.45) is 1.53. The molecule has 0 amide bonds. The van der Waals surface area contributed by atoms with Crippen molar-refractivity contribution in [1.29, 1.82) is 0 Å². The Morgan fingerprint density at radius 2 is 1.33 bits per heavy atom. The molecule has 0 rings (SSSR count). The van der Waals surface area contributed by atoms with E-state index in [2.05, 4.69) is 26.9 Å². The van der Waals surface area contributed by atoms with E-state index >= 15 is 0 Å². The number of hydrogen-bond acceptors (Lipinski definition) is 0. The van der Waals surface area contributed by atoms with Crippen molar-refractivity contribution < 1.29 is 0 Å². The Kier molecular flexibility index (Phi) is 5.49. The van der Waals surface area contributed by atoms with Crippen LogP contribution in [0.25, 0.3) is 0 Å². The minimum atomic E-state index is 0.308. The molecule has 0 N–H and O–H groups in total. The maximum Gasteiger partial charge on any atom is 0.0197 e. The Morgan fingerprint density at radius 1 is 1.00 bits per heavy atom. The smallest absolute Gasteiger partial charge is 0.0197 e. The van der Waals surface area contributed by atoms with Crippen molar-refractivity contribution in [3.63, 3.8) is 0 Å². The number of rotatable bonds is 4. The van der Waals surface area contributed by atoms with Gasteiger partial charge in [-0.25, -0.2) is 0 Å². The second-order valence-corrected chi connectivity index (χ2v) is 7.68. The molecule has 2 unspecified atom stereocenters. The molecule has 0 bridgehead atoms. The van der Waals surface area contributed by atoms with E-state index in [-0.39, 0.29) is 0 Å². The molecular weight excluding hydrogens is 140 g/mol.